The maximum atomic E-state index is 12.9. The van der Waals surface area contributed by atoms with E-state index >= 15 is 0 Å². The van der Waals surface area contributed by atoms with E-state index in [2.05, 4.69) is 20.3 Å². The Labute approximate surface area is 125 Å². The number of likely N-dealkylation sites (tertiary alicyclic amines) is 1. The van der Waals surface area contributed by atoms with Crippen molar-refractivity contribution in [3.8, 4) is 0 Å². The van der Waals surface area contributed by atoms with Crippen LogP contribution >= 0.6 is 0 Å². The summed E-state index contributed by atoms with van der Waals surface area (Å²) in [5, 5.41) is 9.63. The number of nitrogens with zero attached hydrogens (tertiary/aromatic N) is 2. The number of carbonyl (C=O) groups is 1. The van der Waals surface area contributed by atoms with E-state index in [0.717, 1.165) is 36.1 Å². The van der Waals surface area contributed by atoms with Crippen LogP contribution in [-0.2, 0) is 17.6 Å². The minimum atomic E-state index is -4.48. The van der Waals surface area contributed by atoms with Crippen LogP contribution in [-0.4, -0.2) is 59.1 Å². The zero-order valence-electron chi connectivity index (χ0n) is 12.0. The standard InChI is InChI=1S/C13H17F3N4O2/c1-22-12(13(14,15)16)6-20(7-12)11(21)18-9-2-3-10-8(4-9)5-17-19-10/h5,9H,2-4,6-7H2,1H3,(H,17,19)(H,18,21). The number of urea groups is 1. The van der Waals surface area contributed by atoms with Gasteiger partial charge in [0.2, 0.25) is 0 Å². The highest BCUT2D eigenvalue weighted by Crippen LogP contribution is 2.40. The number of nitrogens with one attached hydrogen (secondary N) is 2. The number of halogens is 3. The molecule has 2 heterocycles. The van der Waals surface area contributed by atoms with Gasteiger partial charge in [-0.05, 0) is 24.8 Å². The number of ether oxygens (including phenoxy) is 1. The van der Waals surface area contributed by atoms with Gasteiger partial charge in [-0.25, -0.2) is 4.79 Å². The van der Waals surface area contributed by atoms with Gasteiger partial charge in [0.05, 0.1) is 19.3 Å². The molecule has 1 unspecified atom stereocenters. The second-order valence-corrected chi connectivity index (χ2v) is 5.82. The van der Waals surface area contributed by atoms with E-state index < -0.39 is 30.9 Å². The van der Waals surface area contributed by atoms with Crippen LogP contribution in [0.4, 0.5) is 18.0 Å². The van der Waals surface area contributed by atoms with E-state index in [4.69, 9.17) is 0 Å². The van der Waals surface area contributed by atoms with E-state index in [1.54, 1.807) is 6.20 Å². The Bertz CT molecular complexity index is 566. The first-order valence-corrected chi connectivity index (χ1v) is 7.03. The van der Waals surface area contributed by atoms with E-state index in [9.17, 15) is 18.0 Å². The Morgan fingerprint density at radius 1 is 1.55 bits per heavy atom. The summed E-state index contributed by atoms with van der Waals surface area (Å²) in [7, 11) is 1.02. The number of aromatic amines is 1. The lowest BCUT2D eigenvalue weighted by Crippen LogP contribution is -2.72. The van der Waals surface area contributed by atoms with Crippen molar-refractivity contribution in [1.82, 2.24) is 20.4 Å². The third-order valence-electron chi connectivity index (χ3n) is 4.43. The maximum absolute atomic E-state index is 12.9. The van der Waals surface area contributed by atoms with Crippen molar-refractivity contribution in [2.24, 2.45) is 0 Å². The van der Waals surface area contributed by atoms with Crippen molar-refractivity contribution in [2.45, 2.75) is 37.1 Å². The normalized spacial score (nSPS) is 23.6. The van der Waals surface area contributed by atoms with Gasteiger partial charge in [0.25, 0.3) is 0 Å². The quantitative estimate of drug-likeness (QED) is 0.862. The third-order valence-corrected chi connectivity index (χ3v) is 4.43. The summed E-state index contributed by atoms with van der Waals surface area (Å²) in [6.45, 7) is -0.939. The highest BCUT2D eigenvalue weighted by molar-refractivity contribution is 5.76. The number of hydrogen-bond donors (Lipinski definition) is 2. The Kier molecular flexibility index (Phi) is 3.54. The summed E-state index contributed by atoms with van der Waals surface area (Å²) >= 11 is 0. The van der Waals surface area contributed by atoms with Crippen molar-refractivity contribution in [3.05, 3.63) is 17.5 Å². The number of fused-ring (bicyclic) bond motifs is 1. The summed E-state index contributed by atoms with van der Waals surface area (Å²) in [6.07, 6.45) is -0.611. The summed E-state index contributed by atoms with van der Waals surface area (Å²) in [5.74, 6) is 0. The molecule has 0 saturated carbocycles. The van der Waals surface area contributed by atoms with Gasteiger partial charge in [-0.15, -0.1) is 0 Å². The fourth-order valence-electron chi connectivity index (χ4n) is 2.94. The number of aryl methyl sites for hydroxylation is 1. The molecule has 1 fully saturated rings. The van der Waals surface area contributed by atoms with Gasteiger partial charge < -0.3 is 15.0 Å². The number of aromatic nitrogens is 2. The molecule has 2 aliphatic rings. The van der Waals surface area contributed by atoms with E-state index in [1.807, 2.05) is 0 Å². The second kappa shape index (κ2) is 5.15. The van der Waals surface area contributed by atoms with Gasteiger partial charge in [-0.1, -0.05) is 0 Å². The molecule has 2 amide bonds. The van der Waals surface area contributed by atoms with Crippen molar-refractivity contribution < 1.29 is 22.7 Å². The average Bonchev–Trinajstić information content (AvgIpc) is 2.83. The second-order valence-electron chi connectivity index (χ2n) is 5.82. The smallest absolute Gasteiger partial charge is 0.365 e. The van der Waals surface area contributed by atoms with Crippen LogP contribution < -0.4 is 5.32 Å². The van der Waals surface area contributed by atoms with Gasteiger partial charge in [0.15, 0.2) is 5.60 Å². The number of amides is 2. The average molecular weight is 318 g/mol. The third kappa shape index (κ3) is 2.43. The monoisotopic (exact) mass is 318 g/mol. The predicted octanol–water partition coefficient (Wildman–Crippen LogP) is 1.24. The van der Waals surface area contributed by atoms with Crippen LogP contribution in [0.15, 0.2) is 6.20 Å². The zero-order chi connectivity index (χ0) is 16.0. The molecule has 1 aromatic heterocycles. The Morgan fingerprint density at radius 2 is 2.27 bits per heavy atom. The van der Waals surface area contributed by atoms with E-state index in [0.29, 0.717) is 6.42 Å². The SMILES string of the molecule is COC1(C(F)(F)F)CN(C(=O)NC2CCc3[nH]ncc3C2)C1. The van der Waals surface area contributed by atoms with Crippen molar-refractivity contribution >= 4 is 6.03 Å². The van der Waals surface area contributed by atoms with Gasteiger partial charge in [-0.2, -0.15) is 18.3 Å². The summed E-state index contributed by atoms with van der Waals surface area (Å²) in [5.41, 5.74) is -0.124. The molecule has 1 atom stereocenters. The number of rotatable bonds is 2. The molecule has 0 spiro atoms. The van der Waals surface area contributed by atoms with Crippen LogP contribution in [0.5, 0.6) is 0 Å². The minimum Gasteiger partial charge on any atom is -0.365 e. The van der Waals surface area contributed by atoms with Crippen LogP contribution in [0.2, 0.25) is 0 Å². The molecule has 0 bridgehead atoms. The number of carbonyl (C=O) groups excluding carboxylic acids is 1. The van der Waals surface area contributed by atoms with Crippen LogP contribution in [0.1, 0.15) is 17.7 Å². The predicted molar refractivity (Wildman–Crippen MR) is 70.3 cm³/mol. The summed E-state index contributed by atoms with van der Waals surface area (Å²) in [4.78, 5) is 13.2. The summed E-state index contributed by atoms with van der Waals surface area (Å²) in [6, 6.07) is -0.560. The van der Waals surface area contributed by atoms with E-state index in [-0.39, 0.29) is 6.04 Å². The Balaban J connectivity index is 1.55. The first-order valence-electron chi connectivity index (χ1n) is 7.03. The number of methoxy groups -OCH3 is 1. The molecule has 6 nitrogen and oxygen atoms in total. The molecule has 22 heavy (non-hydrogen) atoms. The zero-order valence-corrected chi connectivity index (χ0v) is 12.0. The van der Waals surface area contributed by atoms with Crippen LogP contribution in [0.25, 0.3) is 0 Å². The number of hydrogen-bond acceptors (Lipinski definition) is 3. The summed E-state index contributed by atoms with van der Waals surface area (Å²) < 4.78 is 43.2. The number of H-pyrrole nitrogens is 1. The maximum Gasteiger partial charge on any atom is 0.420 e. The fraction of sp³-hybridized carbons (Fsp3) is 0.692. The van der Waals surface area contributed by atoms with Crippen LogP contribution in [0.3, 0.4) is 0 Å². The molecule has 9 heteroatoms. The molecule has 1 saturated heterocycles. The highest BCUT2D eigenvalue weighted by atomic mass is 19.4. The fourth-order valence-corrected chi connectivity index (χ4v) is 2.94. The molecule has 3 rings (SSSR count). The molecular formula is C13H17F3N4O2. The lowest BCUT2D eigenvalue weighted by molar-refractivity contribution is -0.303. The van der Waals surface area contributed by atoms with Crippen molar-refractivity contribution in [2.75, 3.05) is 20.2 Å². The lowest BCUT2D eigenvalue weighted by atomic mass is 9.92. The molecule has 1 aliphatic carbocycles. The Morgan fingerprint density at radius 3 is 2.91 bits per heavy atom. The van der Waals surface area contributed by atoms with Gasteiger partial charge >= 0.3 is 12.2 Å². The molecule has 2 N–H and O–H groups in total. The van der Waals surface area contributed by atoms with Gasteiger partial charge in [0.1, 0.15) is 0 Å². The van der Waals surface area contributed by atoms with Gasteiger partial charge in [-0.3, -0.25) is 5.10 Å². The van der Waals surface area contributed by atoms with Crippen molar-refractivity contribution in [3.63, 3.8) is 0 Å². The molecule has 122 valence electrons. The molecule has 0 radical (unpaired) electrons. The Hall–Kier alpha value is -1.77. The molecule has 1 aliphatic heterocycles. The van der Waals surface area contributed by atoms with Crippen molar-refractivity contribution in [1.29, 1.82) is 0 Å². The minimum absolute atomic E-state index is 0.0824. The molecular weight excluding hydrogens is 301 g/mol. The van der Waals surface area contributed by atoms with E-state index in [1.165, 1.54) is 0 Å². The molecule has 0 aromatic carbocycles. The first-order chi connectivity index (χ1) is 10.3. The highest BCUT2D eigenvalue weighted by Gasteiger charge is 2.63. The number of alkyl halides is 3. The first kappa shape index (κ1) is 15.1. The van der Waals surface area contributed by atoms with Gasteiger partial charge in [0, 0.05) is 18.8 Å². The lowest BCUT2D eigenvalue weighted by Gasteiger charge is -2.49. The largest absolute Gasteiger partial charge is 0.420 e. The topological polar surface area (TPSA) is 70.2 Å². The van der Waals surface area contributed by atoms with Crippen LogP contribution in [0, 0.1) is 0 Å². The molecule has 1 aromatic rings.